The van der Waals surface area contributed by atoms with Crippen molar-refractivity contribution >= 4 is 22.8 Å². The molecule has 7 heteroatoms. The predicted molar refractivity (Wildman–Crippen MR) is 130 cm³/mol. The third kappa shape index (κ3) is 4.70. The first-order valence-electron chi connectivity index (χ1n) is 11.4. The molecule has 1 aromatic heterocycles. The smallest absolute Gasteiger partial charge is 0.269 e. The van der Waals surface area contributed by atoms with Crippen LogP contribution >= 0.6 is 11.8 Å². The monoisotopic (exact) mass is 450 g/mol. The SMILES string of the molecule is COc1ccc2ncc(=O)n(CCN3CCC(NCC4Cc5ccccc5S4)CC3)c2c1. The average molecular weight is 451 g/mol. The molecule has 2 aliphatic rings. The van der Waals surface area contributed by atoms with E-state index >= 15 is 0 Å². The van der Waals surface area contributed by atoms with Crippen LogP contribution in [0.2, 0.25) is 0 Å². The van der Waals surface area contributed by atoms with Crippen molar-refractivity contribution in [3.05, 3.63) is 64.6 Å². The fourth-order valence-electron chi connectivity index (χ4n) is 4.77. The molecule has 1 unspecified atom stereocenters. The highest BCUT2D eigenvalue weighted by Gasteiger charge is 2.24. The second-order valence-electron chi connectivity index (χ2n) is 8.68. The summed E-state index contributed by atoms with van der Waals surface area (Å²) in [6, 6.07) is 15.1. The van der Waals surface area contributed by atoms with Crippen molar-refractivity contribution in [1.82, 2.24) is 19.8 Å². The number of hydrogen-bond acceptors (Lipinski definition) is 6. The Labute approximate surface area is 193 Å². The fraction of sp³-hybridized carbons (Fsp3) is 0.440. The number of piperidine rings is 1. The molecule has 0 amide bonds. The largest absolute Gasteiger partial charge is 0.497 e. The maximum Gasteiger partial charge on any atom is 0.269 e. The summed E-state index contributed by atoms with van der Waals surface area (Å²) in [7, 11) is 1.64. The maximum atomic E-state index is 12.5. The molecule has 2 aliphatic heterocycles. The predicted octanol–water partition coefficient (Wildman–Crippen LogP) is 3.18. The van der Waals surface area contributed by atoms with Crippen molar-refractivity contribution in [1.29, 1.82) is 0 Å². The summed E-state index contributed by atoms with van der Waals surface area (Å²) in [5.74, 6) is 0.745. The van der Waals surface area contributed by atoms with Crippen molar-refractivity contribution in [2.45, 2.75) is 42.0 Å². The number of nitrogens with one attached hydrogen (secondary N) is 1. The lowest BCUT2D eigenvalue weighted by Crippen LogP contribution is -2.45. The average Bonchev–Trinajstić information content (AvgIpc) is 3.25. The van der Waals surface area contributed by atoms with Crippen molar-refractivity contribution in [2.75, 3.05) is 33.3 Å². The van der Waals surface area contributed by atoms with E-state index < -0.39 is 0 Å². The number of nitrogens with zero attached hydrogens (tertiary/aromatic N) is 3. The molecule has 0 saturated carbocycles. The summed E-state index contributed by atoms with van der Waals surface area (Å²) in [4.78, 5) is 20.7. The standard InChI is InChI=1S/C25H30N4O2S/c1-31-20-6-7-22-23(15-20)29(25(30)17-27-22)13-12-28-10-8-19(9-11-28)26-16-21-14-18-4-2-3-5-24(18)32-21/h2-7,15,17,19,21,26H,8-14,16H2,1H3. The number of fused-ring (bicyclic) bond motifs is 2. The van der Waals surface area contributed by atoms with E-state index in [-0.39, 0.29) is 5.56 Å². The van der Waals surface area contributed by atoms with Gasteiger partial charge in [0.1, 0.15) is 5.75 Å². The lowest BCUT2D eigenvalue weighted by Gasteiger charge is -2.33. The molecular formula is C25H30N4O2S. The van der Waals surface area contributed by atoms with Gasteiger partial charge in [0.25, 0.3) is 5.56 Å². The number of rotatable bonds is 7. The highest BCUT2D eigenvalue weighted by molar-refractivity contribution is 8.00. The van der Waals surface area contributed by atoms with Crippen molar-refractivity contribution in [2.24, 2.45) is 0 Å². The van der Waals surface area contributed by atoms with Crippen molar-refractivity contribution < 1.29 is 4.74 Å². The number of methoxy groups -OCH3 is 1. The molecule has 0 aliphatic carbocycles. The van der Waals surface area contributed by atoms with E-state index in [4.69, 9.17) is 4.74 Å². The van der Waals surface area contributed by atoms with Crippen LogP contribution < -0.4 is 15.6 Å². The van der Waals surface area contributed by atoms with Crippen molar-refractivity contribution in [3.8, 4) is 5.75 Å². The third-order valence-corrected chi connectivity index (χ3v) is 7.95. The number of thioether (sulfide) groups is 1. The normalized spacial score (nSPS) is 19.3. The number of benzene rings is 2. The number of likely N-dealkylation sites (tertiary alicyclic amines) is 1. The van der Waals surface area contributed by atoms with Crippen molar-refractivity contribution in [3.63, 3.8) is 0 Å². The number of hydrogen-bond donors (Lipinski definition) is 1. The summed E-state index contributed by atoms with van der Waals surface area (Å²) in [5, 5.41) is 4.46. The minimum atomic E-state index is -0.0580. The Balaban J connectivity index is 1.11. The molecule has 0 bridgehead atoms. The minimum absolute atomic E-state index is 0.0580. The summed E-state index contributed by atoms with van der Waals surface area (Å²) in [6.45, 7) is 4.74. The molecule has 0 radical (unpaired) electrons. The van der Waals surface area contributed by atoms with Gasteiger partial charge in [-0.15, -0.1) is 11.8 Å². The maximum absolute atomic E-state index is 12.5. The van der Waals surface area contributed by atoms with Crippen LogP contribution in [0.3, 0.4) is 0 Å². The van der Waals surface area contributed by atoms with Gasteiger partial charge in [0, 0.05) is 41.9 Å². The molecular weight excluding hydrogens is 420 g/mol. The Morgan fingerprint density at radius 1 is 1.16 bits per heavy atom. The zero-order valence-corrected chi connectivity index (χ0v) is 19.3. The second-order valence-corrected chi connectivity index (χ2v) is 10.0. The summed E-state index contributed by atoms with van der Waals surface area (Å²) < 4.78 is 7.16. The Bertz CT molecular complexity index is 1120. The van der Waals surface area contributed by atoms with E-state index in [0.717, 1.165) is 55.8 Å². The second kappa shape index (κ2) is 9.65. The first-order valence-corrected chi connectivity index (χ1v) is 12.3. The lowest BCUT2D eigenvalue weighted by molar-refractivity contribution is 0.192. The molecule has 3 heterocycles. The zero-order valence-electron chi connectivity index (χ0n) is 18.5. The van der Waals surface area contributed by atoms with Crippen LogP contribution in [-0.2, 0) is 13.0 Å². The first-order chi connectivity index (χ1) is 15.7. The molecule has 2 aromatic carbocycles. The molecule has 168 valence electrons. The van der Waals surface area contributed by atoms with Gasteiger partial charge in [-0.3, -0.25) is 4.79 Å². The van der Waals surface area contributed by atoms with Crippen LogP contribution in [0.1, 0.15) is 18.4 Å². The van der Waals surface area contributed by atoms with Crippen LogP contribution in [0.15, 0.2) is 58.4 Å². The van der Waals surface area contributed by atoms with Crippen LogP contribution in [0.4, 0.5) is 0 Å². The van der Waals surface area contributed by atoms with E-state index in [1.54, 1.807) is 7.11 Å². The summed E-state index contributed by atoms with van der Waals surface area (Å²) in [5.41, 5.74) is 3.09. The van der Waals surface area contributed by atoms with Crippen LogP contribution in [0.5, 0.6) is 5.75 Å². The number of aromatic nitrogens is 2. The quantitative estimate of drug-likeness (QED) is 0.597. The molecule has 3 aromatic rings. The molecule has 1 saturated heterocycles. The van der Waals surface area contributed by atoms with Gasteiger partial charge in [-0.2, -0.15) is 0 Å². The van der Waals surface area contributed by atoms with E-state index in [1.165, 1.54) is 23.1 Å². The Hall–Kier alpha value is -2.35. The molecule has 5 rings (SSSR count). The Morgan fingerprint density at radius 2 is 2.00 bits per heavy atom. The Morgan fingerprint density at radius 3 is 2.81 bits per heavy atom. The molecule has 6 nitrogen and oxygen atoms in total. The third-order valence-electron chi connectivity index (χ3n) is 6.63. The summed E-state index contributed by atoms with van der Waals surface area (Å²) >= 11 is 2.02. The molecule has 32 heavy (non-hydrogen) atoms. The van der Waals surface area contributed by atoms with Crippen LogP contribution in [0, 0.1) is 0 Å². The van der Waals surface area contributed by atoms with Gasteiger partial charge < -0.3 is 19.5 Å². The highest BCUT2D eigenvalue weighted by atomic mass is 32.2. The van der Waals surface area contributed by atoms with Gasteiger partial charge in [-0.25, -0.2) is 4.98 Å². The van der Waals surface area contributed by atoms with Gasteiger partial charge in [-0.05, 0) is 56.1 Å². The first kappa shape index (κ1) is 21.5. The highest BCUT2D eigenvalue weighted by Crippen LogP contribution is 2.36. The van der Waals surface area contributed by atoms with E-state index in [0.29, 0.717) is 17.8 Å². The zero-order chi connectivity index (χ0) is 21.9. The summed E-state index contributed by atoms with van der Waals surface area (Å²) in [6.07, 6.45) is 4.91. The molecule has 1 atom stereocenters. The van der Waals surface area contributed by atoms with Gasteiger partial charge in [0.15, 0.2) is 0 Å². The van der Waals surface area contributed by atoms with Gasteiger partial charge in [0.05, 0.1) is 24.3 Å². The van der Waals surface area contributed by atoms with Gasteiger partial charge in [-0.1, -0.05) is 18.2 Å². The van der Waals surface area contributed by atoms with E-state index in [2.05, 4.69) is 39.5 Å². The van der Waals surface area contributed by atoms with E-state index in [1.807, 2.05) is 34.5 Å². The van der Waals surface area contributed by atoms with Crippen LogP contribution in [0.25, 0.3) is 11.0 Å². The molecule has 1 fully saturated rings. The molecule has 1 N–H and O–H groups in total. The fourth-order valence-corrected chi connectivity index (χ4v) is 6.03. The minimum Gasteiger partial charge on any atom is -0.497 e. The Kier molecular flexibility index (Phi) is 6.48. The lowest BCUT2D eigenvalue weighted by atomic mass is 10.0. The number of ether oxygens (including phenoxy) is 1. The van der Waals surface area contributed by atoms with Gasteiger partial charge >= 0.3 is 0 Å². The van der Waals surface area contributed by atoms with Gasteiger partial charge in [0.2, 0.25) is 0 Å². The topological polar surface area (TPSA) is 59.4 Å². The van der Waals surface area contributed by atoms with E-state index in [9.17, 15) is 4.79 Å². The molecule has 0 spiro atoms. The van der Waals surface area contributed by atoms with Crippen LogP contribution in [-0.4, -0.2) is 59.0 Å².